The van der Waals surface area contributed by atoms with Crippen molar-refractivity contribution in [1.29, 1.82) is 0 Å². The van der Waals surface area contributed by atoms with Crippen LogP contribution in [0.15, 0.2) is 0 Å². The van der Waals surface area contributed by atoms with Crippen molar-refractivity contribution < 1.29 is 0 Å². The third-order valence-electron chi connectivity index (χ3n) is 3.89. The van der Waals surface area contributed by atoms with E-state index in [1.807, 2.05) is 0 Å². The number of nitrogens with two attached hydrogens (primary N) is 1. The lowest BCUT2D eigenvalue weighted by atomic mass is 9.93. The van der Waals surface area contributed by atoms with Crippen molar-refractivity contribution in [3.8, 4) is 0 Å². The highest BCUT2D eigenvalue weighted by molar-refractivity contribution is 4.86. The zero-order valence-corrected chi connectivity index (χ0v) is 8.71. The Bertz CT molecular complexity index is 163. The standard InChI is InChI=1S/C11H22N2/c1-9-6-7-13(8-11(9)12)10-4-2-3-5-10/h9-11H,2-8,12H2,1H3. The molecule has 1 saturated carbocycles. The molecule has 0 aromatic heterocycles. The third-order valence-corrected chi connectivity index (χ3v) is 3.89. The molecule has 1 aliphatic carbocycles. The zero-order chi connectivity index (χ0) is 9.26. The molecule has 1 heterocycles. The molecule has 0 aromatic carbocycles. The van der Waals surface area contributed by atoms with Crippen molar-refractivity contribution in [2.45, 2.75) is 51.1 Å². The molecule has 2 aliphatic rings. The second-order valence-corrected chi connectivity index (χ2v) is 4.86. The van der Waals surface area contributed by atoms with E-state index >= 15 is 0 Å². The summed E-state index contributed by atoms with van der Waals surface area (Å²) in [5.74, 6) is 0.734. The van der Waals surface area contributed by atoms with Crippen LogP contribution in [0.3, 0.4) is 0 Å². The molecule has 0 radical (unpaired) electrons. The summed E-state index contributed by atoms with van der Waals surface area (Å²) in [5, 5.41) is 0. The molecular weight excluding hydrogens is 160 g/mol. The molecule has 2 rings (SSSR count). The first-order chi connectivity index (χ1) is 6.27. The van der Waals surface area contributed by atoms with E-state index in [4.69, 9.17) is 5.73 Å². The molecule has 76 valence electrons. The van der Waals surface area contributed by atoms with E-state index in [1.54, 1.807) is 0 Å². The van der Waals surface area contributed by atoms with Crippen LogP contribution < -0.4 is 5.73 Å². The monoisotopic (exact) mass is 182 g/mol. The van der Waals surface area contributed by atoms with Crippen molar-refractivity contribution in [3.63, 3.8) is 0 Å². The summed E-state index contributed by atoms with van der Waals surface area (Å²) in [6.45, 7) is 4.72. The lowest BCUT2D eigenvalue weighted by Crippen LogP contribution is -2.50. The Balaban J connectivity index is 1.87. The molecule has 2 atom stereocenters. The molecule has 2 heteroatoms. The Morgan fingerprint density at radius 1 is 1.15 bits per heavy atom. The fraction of sp³-hybridized carbons (Fsp3) is 1.00. The second-order valence-electron chi connectivity index (χ2n) is 4.86. The van der Waals surface area contributed by atoms with Gasteiger partial charge in [0, 0.05) is 18.6 Å². The van der Waals surface area contributed by atoms with Crippen molar-refractivity contribution in [3.05, 3.63) is 0 Å². The SMILES string of the molecule is CC1CCN(C2CCCC2)CC1N. The van der Waals surface area contributed by atoms with Crippen LogP contribution >= 0.6 is 0 Å². The Morgan fingerprint density at radius 3 is 2.46 bits per heavy atom. The van der Waals surface area contributed by atoms with Gasteiger partial charge in [0.15, 0.2) is 0 Å². The normalized spacial score (nSPS) is 38.3. The van der Waals surface area contributed by atoms with Gasteiger partial charge in [0.25, 0.3) is 0 Å². The van der Waals surface area contributed by atoms with E-state index in [0.717, 1.165) is 18.5 Å². The molecule has 0 spiro atoms. The van der Waals surface area contributed by atoms with Gasteiger partial charge in [-0.05, 0) is 31.7 Å². The van der Waals surface area contributed by atoms with Crippen LogP contribution in [0.4, 0.5) is 0 Å². The van der Waals surface area contributed by atoms with Crippen LogP contribution in [0.5, 0.6) is 0 Å². The predicted molar refractivity (Wildman–Crippen MR) is 55.6 cm³/mol. The first-order valence-corrected chi connectivity index (χ1v) is 5.77. The fourth-order valence-corrected chi connectivity index (χ4v) is 2.73. The maximum atomic E-state index is 6.09. The second kappa shape index (κ2) is 3.97. The summed E-state index contributed by atoms with van der Waals surface area (Å²) in [6, 6.07) is 1.30. The molecule has 0 amide bonds. The van der Waals surface area contributed by atoms with Crippen molar-refractivity contribution in [2.24, 2.45) is 11.7 Å². The van der Waals surface area contributed by atoms with Crippen LogP contribution in [0.25, 0.3) is 0 Å². The molecule has 13 heavy (non-hydrogen) atoms. The fourth-order valence-electron chi connectivity index (χ4n) is 2.73. The molecule has 2 N–H and O–H groups in total. The van der Waals surface area contributed by atoms with Gasteiger partial charge in [-0.2, -0.15) is 0 Å². The Hall–Kier alpha value is -0.0800. The number of nitrogens with zero attached hydrogens (tertiary/aromatic N) is 1. The van der Waals surface area contributed by atoms with Crippen LogP contribution in [0.1, 0.15) is 39.0 Å². The number of likely N-dealkylation sites (tertiary alicyclic amines) is 1. The highest BCUT2D eigenvalue weighted by Gasteiger charge is 2.29. The van der Waals surface area contributed by atoms with Gasteiger partial charge >= 0.3 is 0 Å². The van der Waals surface area contributed by atoms with E-state index < -0.39 is 0 Å². The van der Waals surface area contributed by atoms with E-state index in [-0.39, 0.29) is 0 Å². The first-order valence-electron chi connectivity index (χ1n) is 5.77. The minimum Gasteiger partial charge on any atom is -0.326 e. The maximum absolute atomic E-state index is 6.09. The molecular formula is C11H22N2. The average molecular weight is 182 g/mol. The lowest BCUT2D eigenvalue weighted by molar-refractivity contribution is 0.122. The largest absolute Gasteiger partial charge is 0.326 e. The molecule has 0 bridgehead atoms. The third kappa shape index (κ3) is 2.05. The molecule has 2 unspecified atom stereocenters. The van der Waals surface area contributed by atoms with Gasteiger partial charge in [-0.15, -0.1) is 0 Å². The minimum atomic E-state index is 0.425. The molecule has 1 aliphatic heterocycles. The number of piperidine rings is 1. The van der Waals surface area contributed by atoms with Gasteiger partial charge in [-0.1, -0.05) is 19.8 Å². The van der Waals surface area contributed by atoms with Gasteiger partial charge in [0.05, 0.1) is 0 Å². The average Bonchev–Trinajstić information content (AvgIpc) is 2.62. The Labute approximate surface area is 81.5 Å². The van der Waals surface area contributed by atoms with E-state index in [0.29, 0.717) is 6.04 Å². The van der Waals surface area contributed by atoms with Crippen LogP contribution in [0, 0.1) is 5.92 Å². The smallest absolute Gasteiger partial charge is 0.0194 e. The van der Waals surface area contributed by atoms with Crippen LogP contribution in [0.2, 0.25) is 0 Å². The Kier molecular flexibility index (Phi) is 2.89. The Morgan fingerprint density at radius 2 is 1.85 bits per heavy atom. The highest BCUT2D eigenvalue weighted by Crippen LogP contribution is 2.27. The first kappa shape index (κ1) is 9.47. The molecule has 2 nitrogen and oxygen atoms in total. The quantitative estimate of drug-likeness (QED) is 0.667. The molecule has 0 aromatic rings. The van der Waals surface area contributed by atoms with Gasteiger partial charge < -0.3 is 5.73 Å². The summed E-state index contributed by atoms with van der Waals surface area (Å²) in [5.41, 5.74) is 6.09. The van der Waals surface area contributed by atoms with Gasteiger partial charge in [0.2, 0.25) is 0 Å². The minimum absolute atomic E-state index is 0.425. The van der Waals surface area contributed by atoms with Gasteiger partial charge in [-0.25, -0.2) is 0 Å². The van der Waals surface area contributed by atoms with Crippen molar-refractivity contribution in [1.82, 2.24) is 4.90 Å². The topological polar surface area (TPSA) is 29.3 Å². The predicted octanol–water partition coefficient (Wildman–Crippen LogP) is 1.60. The van der Waals surface area contributed by atoms with Crippen molar-refractivity contribution >= 4 is 0 Å². The van der Waals surface area contributed by atoms with Crippen LogP contribution in [-0.2, 0) is 0 Å². The summed E-state index contributed by atoms with van der Waals surface area (Å²) >= 11 is 0. The lowest BCUT2D eigenvalue weighted by Gasteiger charge is -2.38. The van der Waals surface area contributed by atoms with Crippen LogP contribution in [-0.4, -0.2) is 30.1 Å². The molecule has 2 fully saturated rings. The highest BCUT2D eigenvalue weighted by atomic mass is 15.2. The van der Waals surface area contributed by atoms with E-state index in [9.17, 15) is 0 Å². The van der Waals surface area contributed by atoms with Crippen molar-refractivity contribution in [2.75, 3.05) is 13.1 Å². The van der Waals surface area contributed by atoms with Gasteiger partial charge in [-0.3, -0.25) is 4.90 Å². The number of rotatable bonds is 1. The summed E-state index contributed by atoms with van der Waals surface area (Å²) in [7, 11) is 0. The summed E-state index contributed by atoms with van der Waals surface area (Å²) in [6.07, 6.45) is 7.01. The zero-order valence-electron chi connectivity index (χ0n) is 8.71. The van der Waals surface area contributed by atoms with Gasteiger partial charge in [0.1, 0.15) is 0 Å². The number of hydrogen-bond acceptors (Lipinski definition) is 2. The maximum Gasteiger partial charge on any atom is 0.0194 e. The molecule has 1 saturated heterocycles. The number of hydrogen-bond donors (Lipinski definition) is 1. The summed E-state index contributed by atoms with van der Waals surface area (Å²) < 4.78 is 0. The summed E-state index contributed by atoms with van der Waals surface area (Å²) in [4.78, 5) is 2.64. The van der Waals surface area contributed by atoms with E-state index in [1.165, 1.54) is 38.6 Å². The van der Waals surface area contributed by atoms with E-state index in [2.05, 4.69) is 11.8 Å².